The Labute approximate surface area is 168 Å². The molecule has 0 bridgehead atoms. The van der Waals surface area contributed by atoms with E-state index in [-0.39, 0.29) is 45.4 Å². The molecule has 1 aliphatic carbocycles. The number of hydrogen-bond donors (Lipinski definition) is 2. The lowest BCUT2D eigenvalue weighted by Gasteiger charge is -2.24. The number of rotatable bonds is 3. The van der Waals surface area contributed by atoms with Crippen LogP contribution < -0.4 is 15.1 Å². The Bertz CT molecular complexity index is 1270. The average molecular weight is 415 g/mol. The van der Waals surface area contributed by atoms with E-state index < -0.39 is 17.3 Å². The third-order valence-electron chi connectivity index (χ3n) is 5.68. The predicted molar refractivity (Wildman–Crippen MR) is 108 cm³/mol. The van der Waals surface area contributed by atoms with Crippen LogP contribution in [0.5, 0.6) is 11.5 Å². The number of hydrogen-bond acceptors (Lipinski definition) is 7. The lowest BCUT2D eigenvalue weighted by atomic mass is 10.1. The second kappa shape index (κ2) is 6.34. The average Bonchev–Trinajstić information content (AvgIpc) is 3.36. The minimum atomic E-state index is -0.613. The summed E-state index contributed by atoms with van der Waals surface area (Å²) in [5, 5.41) is 29.8. The van der Waals surface area contributed by atoms with Gasteiger partial charge in [-0.3, -0.25) is 4.79 Å². The molecule has 3 heterocycles. The minimum Gasteiger partial charge on any atom is -0.505 e. The Morgan fingerprint density at radius 1 is 1.38 bits per heavy atom. The van der Waals surface area contributed by atoms with Crippen molar-refractivity contribution in [2.45, 2.75) is 31.4 Å². The van der Waals surface area contributed by atoms with Gasteiger partial charge in [0.05, 0.1) is 24.1 Å². The number of nitrogens with zero attached hydrogens (tertiary/aromatic N) is 3. The molecule has 1 saturated carbocycles. The number of thiophene rings is 1. The maximum Gasteiger partial charge on any atom is 0.202 e. The number of aliphatic hydroxyl groups is 1. The first kappa shape index (κ1) is 18.2. The summed E-state index contributed by atoms with van der Waals surface area (Å²) in [6, 6.07) is 3.20. The van der Waals surface area contributed by atoms with Gasteiger partial charge in [-0.2, -0.15) is 5.26 Å². The first-order valence-electron chi connectivity index (χ1n) is 9.39. The Morgan fingerprint density at radius 2 is 2.14 bits per heavy atom. The summed E-state index contributed by atoms with van der Waals surface area (Å²) < 4.78 is 22.7. The van der Waals surface area contributed by atoms with Crippen LogP contribution in [0.15, 0.2) is 10.9 Å². The molecule has 2 N–H and O–H groups in total. The van der Waals surface area contributed by atoms with Gasteiger partial charge in [-0.1, -0.05) is 0 Å². The number of benzene rings is 1. The van der Waals surface area contributed by atoms with Crippen molar-refractivity contribution >= 4 is 38.1 Å². The highest BCUT2D eigenvalue weighted by atomic mass is 32.1. The monoisotopic (exact) mass is 415 g/mol. The van der Waals surface area contributed by atoms with Crippen molar-refractivity contribution in [3.8, 4) is 17.6 Å². The van der Waals surface area contributed by atoms with E-state index >= 15 is 4.39 Å². The van der Waals surface area contributed by atoms with Crippen LogP contribution in [-0.4, -0.2) is 41.1 Å². The molecule has 0 amide bonds. The third kappa shape index (κ3) is 2.52. The first-order valence-corrected chi connectivity index (χ1v) is 10.2. The van der Waals surface area contributed by atoms with Gasteiger partial charge in [-0.05, 0) is 25.3 Å². The summed E-state index contributed by atoms with van der Waals surface area (Å²) in [5.41, 5.74) is 0.175. The molecule has 150 valence electrons. The number of pyridine rings is 1. The molecule has 7 nitrogen and oxygen atoms in total. The highest BCUT2D eigenvalue weighted by Gasteiger charge is 2.34. The van der Waals surface area contributed by atoms with Crippen LogP contribution in [0, 0.1) is 17.1 Å². The van der Waals surface area contributed by atoms with Gasteiger partial charge in [0, 0.05) is 19.1 Å². The van der Waals surface area contributed by atoms with Crippen molar-refractivity contribution < 1.29 is 19.3 Å². The van der Waals surface area contributed by atoms with E-state index in [9.17, 15) is 20.3 Å². The molecule has 5 rings (SSSR count). The lowest BCUT2D eigenvalue weighted by Crippen LogP contribution is -2.24. The molecule has 0 radical (unpaired) electrons. The van der Waals surface area contributed by atoms with E-state index in [0.29, 0.717) is 23.3 Å². The van der Waals surface area contributed by atoms with E-state index in [4.69, 9.17) is 4.74 Å². The van der Waals surface area contributed by atoms with Crippen LogP contribution >= 0.6 is 11.3 Å². The number of ether oxygens (including phenoxy) is 1. The van der Waals surface area contributed by atoms with Crippen LogP contribution in [-0.2, 0) is 0 Å². The summed E-state index contributed by atoms with van der Waals surface area (Å²) >= 11 is 1.06. The number of fused-ring (bicyclic) bond motifs is 2. The van der Waals surface area contributed by atoms with Crippen molar-refractivity contribution in [3.63, 3.8) is 0 Å². The summed E-state index contributed by atoms with van der Waals surface area (Å²) in [6.07, 6.45) is 1.74. The number of aliphatic hydroxyl groups excluding tert-OH is 1. The van der Waals surface area contributed by atoms with E-state index in [1.165, 1.54) is 13.2 Å². The van der Waals surface area contributed by atoms with E-state index in [1.54, 1.807) is 4.90 Å². The smallest absolute Gasteiger partial charge is 0.202 e. The molecular weight excluding hydrogens is 397 g/mol. The Morgan fingerprint density at radius 3 is 2.72 bits per heavy atom. The Kier molecular flexibility index (Phi) is 3.98. The van der Waals surface area contributed by atoms with Crippen molar-refractivity contribution in [2.75, 3.05) is 25.1 Å². The van der Waals surface area contributed by atoms with Crippen LogP contribution in [0.2, 0.25) is 0 Å². The summed E-state index contributed by atoms with van der Waals surface area (Å²) in [4.78, 5) is 15.5. The molecule has 0 unspecified atom stereocenters. The number of anilines is 1. The maximum atomic E-state index is 15.2. The highest BCUT2D eigenvalue weighted by Crippen LogP contribution is 2.48. The quantitative estimate of drug-likeness (QED) is 0.683. The lowest BCUT2D eigenvalue weighted by molar-refractivity contribution is 0.198. The van der Waals surface area contributed by atoms with Gasteiger partial charge in [0.2, 0.25) is 5.43 Å². The number of halogens is 1. The number of β-amino-alcohol motifs (C(OH)–C–C–N with tert-alkyl or cyclic N) is 1. The van der Waals surface area contributed by atoms with Gasteiger partial charge >= 0.3 is 0 Å². The molecule has 1 aromatic carbocycles. The SMILES string of the molecule is COc1c(N2CC[C@@H](O)C2)c(F)cc2c(=O)c3c(O)c(C#N)sc3n(C3CC3)c12. The molecule has 0 spiro atoms. The van der Waals surface area contributed by atoms with Crippen LogP contribution in [0.25, 0.3) is 21.1 Å². The zero-order chi connectivity index (χ0) is 20.4. The van der Waals surface area contributed by atoms with Gasteiger partial charge in [-0.15, -0.1) is 11.3 Å². The zero-order valence-corrected chi connectivity index (χ0v) is 16.4. The molecular formula is C20H18FN3O4S. The normalized spacial score (nSPS) is 19.2. The van der Waals surface area contributed by atoms with Crippen molar-refractivity contribution in [3.05, 3.63) is 27.0 Å². The topological polar surface area (TPSA) is 98.7 Å². The number of nitriles is 1. The van der Waals surface area contributed by atoms with Gasteiger partial charge in [0.25, 0.3) is 0 Å². The maximum absolute atomic E-state index is 15.2. The van der Waals surface area contributed by atoms with Crippen molar-refractivity contribution in [1.29, 1.82) is 5.26 Å². The second-order valence-corrected chi connectivity index (χ2v) is 8.53. The predicted octanol–water partition coefficient (Wildman–Crippen LogP) is 2.85. The van der Waals surface area contributed by atoms with Crippen molar-refractivity contribution in [2.24, 2.45) is 0 Å². The fourth-order valence-corrected chi connectivity index (χ4v) is 5.30. The Balaban J connectivity index is 1.95. The van der Waals surface area contributed by atoms with E-state index in [2.05, 4.69) is 0 Å². The minimum absolute atomic E-state index is 0.0525. The number of methoxy groups -OCH3 is 1. The fourth-order valence-electron chi connectivity index (χ4n) is 4.23. The largest absolute Gasteiger partial charge is 0.505 e. The van der Waals surface area contributed by atoms with Gasteiger partial charge in [0.1, 0.15) is 26.9 Å². The summed E-state index contributed by atoms with van der Waals surface area (Å²) in [7, 11) is 1.43. The standard InChI is InChI=1S/C20H18FN3O4S/c1-28-19-15-11(6-12(21)16(19)23-5-4-10(25)8-23)17(26)14-18(27)13(7-22)29-20(14)24(15)9-2-3-9/h6,9-10,25,27H,2-5,8H2,1H3/t10-/m1/s1. The zero-order valence-electron chi connectivity index (χ0n) is 15.6. The molecule has 2 aromatic heterocycles. The molecule has 3 aromatic rings. The molecule has 1 atom stereocenters. The summed E-state index contributed by atoms with van der Waals surface area (Å²) in [5.74, 6) is -0.719. The molecule has 29 heavy (non-hydrogen) atoms. The van der Waals surface area contributed by atoms with Crippen LogP contribution in [0.4, 0.5) is 10.1 Å². The van der Waals surface area contributed by atoms with Crippen LogP contribution in [0.3, 0.4) is 0 Å². The number of aromatic hydroxyl groups is 1. The molecule has 1 aliphatic heterocycles. The molecule has 2 aliphatic rings. The van der Waals surface area contributed by atoms with Crippen molar-refractivity contribution in [1.82, 2.24) is 4.57 Å². The number of aromatic nitrogens is 1. The third-order valence-corrected chi connectivity index (χ3v) is 6.76. The van der Waals surface area contributed by atoms with E-state index in [0.717, 1.165) is 24.2 Å². The highest BCUT2D eigenvalue weighted by molar-refractivity contribution is 7.19. The van der Waals surface area contributed by atoms with Gasteiger partial charge in [-0.25, -0.2) is 4.39 Å². The van der Waals surface area contributed by atoms with E-state index in [1.807, 2.05) is 10.6 Å². The molecule has 2 fully saturated rings. The summed E-state index contributed by atoms with van der Waals surface area (Å²) in [6.45, 7) is 0.765. The van der Waals surface area contributed by atoms with Gasteiger partial charge < -0.3 is 24.4 Å². The fraction of sp³-hybridized carbons (Fsp3) is 0.400. The first-order chi connectivity index (χ1) is 14.0. The molecule has 1 saturated heterocycles. The second-order valence-electron chi connectivity index (χ2n) is 7.53. The Hall–Kier alpha value is -2.83. The molecule has 9 heteroatoms. The van der Waals surface area contributed by atoms with Gasteiger partial charge in [0.15, 0.2) is 17.3 Å². The van der Waals surface area contributed by atoms with Crippen LogP contribution in [0.1, 0.15) is 30.2 Å².